The summed E-state index contributed by atoms with van der Waals surface area (Å²) in [5, 5.41) is 3.12. The Morgan fingerprint density at radius 2 is 2.08 bits per heavy atom. The van der Waals surface area contributed by atoms with Crippen LogP contribution in [0, 0.1) is 5.92 Å². The van der Waals surface area contributed by atoms with Crippen molar-refractivity contribution in [3.63, 3.8) is 0 Å². The number of carbonyl (C=O) groups is 1. The Morgan fingerprint density at radius 1 is 1.46 bits per heavy atom. The van der Waals surface area contributed by atoms with Crippen molar-refractivity contribution in [3.05, 3.63) is 0 Å². The van der Waals surface area contributed by atoms with E-state index in [2.05, 4.69) is 19.2 Å². The molecule has 0 aliphatic carbocycles. The molecule has 0 aromatic rings. The van der Waals surface area contributed by atoms with Crippen molar-refractivity contribution >= 4 is 5.97 Å². The monoisotopic (exact) mass is 187 g/mol. The maximum atomic E-state index is 11.1. The quantitative estimate of drug-likeness (QED) is 0.641. The summed E-state index contributed by atoms with van der Waals surface area (Å²) in [6.45, 7) is 6.59. The Kier molecular flexibility index (Phi) is 6.59. The van der Waals surface area contributed by atoms with E-state index in [9.17, 15) is 4.79 Å². The lowest BCUT2D eigenvalue weighted by Gasteiger charge is -2.16. The van der Waals surface area contributed by atoms with Gasteiger partial charge >= 0.3 is 5.97 Å². The lowest BCUT2D eigenvalue weighted by atomic mass is 10.0. The average Bonchev–Trinajstić information content (AvgIpc) is 2.02. The van der Waals surface area contributed by atoms with Crippen LogP contribution in [0.2, 0.25) is 0 Å². The molecule has 0 aromatic carbocycles. The van der Waals surface area contributed by atoms with E-state index < -0.39 is 0 Å². The highest BCUT2D eigenvalue weighted by molar-refractivity contribution is 5.70. The normalized spacial score (nSPS) is 13.0. The van der Waals surface area contributed by atoms with Gasteiger partial charge in [-0.05, 0) is 26.3 Å². The molecule has 1 N–H and O–H groups in total. The number of hydrogen-bond acceptors (Lipinski definition) is 3. The van der Waals surface area contributed by atoms with Crippen molar-refractivity contribution in [2.45, 2.75) is 39.7 Å². The third-order valence-electron chi connectivity index (χ3n) is 1.88. The summed E-state index contributed by atoms with van der Waals surface area (Å²) in [5.41, 5.74) is 0. The van der Waals surface area contributed by atoms with Crippen LogP contribution >= 0.6 is 0 Å². The zero-order valence-corrected chi connectivity index (χ0v) is 9.09. The third kappa shape index (κ3) is 6.58. The van der Waals surface area contributed by atoms with Crippen LogP contribution in [-0.2, 0) is 9.53 Å². The van der Waals surface area contributed by atoms with E-state index in [1.165, 1.54) is 0 Å². The van der Waals surface area contributed by atoms with Gasteiger partial charge in [0.2, 0.25) is 0 Å². The summed E-state index contributed by atoms with van der Waals surface area (Å²) < 4.78 is 4.88. The first kappa shape index (κ1) is 12.4. The minimum atomic E-state index is -0.109. The van der Waals surface area contributed by atoms with E-state index >= 15 is 0 Å². The fourth-order valence-electron chi connectivity index (χ4n) is 1.29. The molecule has 0 aliphatic rings. The standard InChI is InChI=1S/C10H21NO2/c1-5-13-10(12)7-9(11-4)6-8(2)3/h8-9,11H,5-7H2,1-4H3/t9-/m0/s1. The lowest BCUT2D eigenvalue weighted by molar-refractivity contribution is -0.143. The average molecular weight is 187 g/mol. The second-order valence-corrected chi connectivity index (χ2v) is 3.62. The number of ether oxygens (including phenoxy) is 1. The Bertz CT molecular complexity index is 146. The highest BCUT2D eigenvalue weighted by atomic mass is 16.5. The predicted molar refractivity (Wildman–Crippen MR) is 53.6 cm³/mol. The van der Waals surface area contributed by atoms with Crippen LogP contribution in [0.25, 0.3) is 0 Å². The molecular weight excluding hydrogens is 166 g/mol. The van der Waals surface area contributed by atoms with Gasteiger partial charge in [-0.3, -0.25) is 4.79 Å². The van der Waals surface area contributed by atoms with Gasteiger partial charge in [-0.1, -0.05) is 13.8 Å². The first-order valence-corrected chi connectivity index (χ1v) is 4.93. The van der Waals surface area contributed by atoms with Gasteiger partial charge in [0.25, 0.3) is 0 Å². The minimum Gasteiger partial charge on any atom is -0.466 e. The molecule has 0 bridgehead atoms. The van der Waals surface area contributed by atoms with Gasteiger partial charge in [0.1, 0.15) is 0 Å². The molecular formula is C10H21NO2. The van der Waals surface area contributed by atoms with Gasteiger partial charge in [0, 0.05) is 6.04 Å². The van der Waals surface area contributed by atoms with E-state index in [0.29, 0.717) is 18.9 Å². The van der Waals surface area contributed by atoms with Crippen LogP contribution in [0.1, 0.15) is 33.6 Å². The van der Waals surface area contributed by atoms with Crippen LogP contribution in [0.5, 0.6) is 0 Å². The van der Waals surface area contributed by atoms with E-state index in [4.69, 9.17) is 4.74 Å². The van der Waals surface area contributed by atoms with Crippen LogP contribution < -0.4 is 5.32 Å². The highest BCUT2D eigenvalue weighted by Crippen LogP contribution is 2.08. The van der Waals surface area contributed by atoms with Crippen molar-refractivity contribution in [1.29, 1.82) is 0 Å². The largest absolute Gasteiger partial charge is 0.466 e. The van der Waals surface area contributed by atoms with Crippen molar-refractivity contribution in [3.8, 4) is 0 Å². The molecule has 0 heterocycles. The maximum absolute atomic E-state index is 11.1. The summed E-state index contributed by atoms with van der Waals surface area (Å²) in [4.78, 5) is 11.1. The van der Waals surface area contributed by atoms with Crippen LogP contribution in [0.15, 0.2) is 0 Å². The van der Waals surface area contributed by atoms with Crippen molar-refractivity contribution in [2.75, 3.05) is 13.7 Å². The van der Waals surface area contributed by atoms with Gasteiger partial charge in [-0.25, -0.2) is 0 Å². The van der Waals surface area contributed by atoms with E-state index in [-0.39, 0.29) is 12.0 Å². The maximum Gasteiger partial charge on any atom is 0.307 e. The zero-order valence-electron chi connectivity index (χ0n) is 9.09. The van der Waals surface area contributed by atoms with E-state index in [1.807, 2.05) is 14.0 Å². The molecule has 3 heteroatoms. The smallest absolute Gasteiger partial charge is 0.307 e. The Balaban J connectivity index is 3.76. The van der Waals surface area contributed by atoms with Gasteiger partial charge in [-0.2, -0.15) is 0 Å². The van der Waals surface area contributed by atoms with E-state index in [0.717, 1.165) is 6.42 Å². The molecule has 0 radical (unpaired) electrons. The topological polar surface area (TPSA) is 38.3 Å². The summed E-state index contributed by atoms with van der Waals surface area (Å²) >= 11 is 0. The predicted octanol–water partition coefficient (Wildman–Crippen LogP) is 1.57. The fourth-order valence-corrected chi connectivity index (χ4v) is 1.29. The zero-order chi connectivity index (χ0) is 10.3. The molecule has 0 aromatic heterocycles. The van der Waals surface area contributed by atoms with Crippen LogP contribution in [0.3, 0.4) is 0 Å². The van der Waals surface area contributed by atoms with Gasteiger partial charge in [-0.15, -0.1) is 0 Å². The minimum absolute atomic E-state index is 0.109. The summed E-state index contributed by atoms with van der Waals surface area (Å²) in [6.07, 6.45) is 1.48. The molecule has 3 nitrogen and oxygen atoms in total. The summed E-state index contributed by atoms with van der Waals surface area (Å²) in [6, 6.07) is 0.249. The molecule has 0 spiro atoms. The van der Waals surface area contributed by atoms with Crippen molar-refractivity contribution in [2.24, 2.45) is 5.92 Å². The molecule has 13 heavy (non-hydrogen) atoms. The molecule has 0 fully saturated rings. The van der Waals surface area contributed by atoms with Gasteiger partial charge < -0.3 is 10.1 Å². The molecule has 0 rings (SSSR count). The molecule has 78 valence electrons. The van der Waals surface area contributed by atoms with Crippen molar-refractivity contribution < 1.29 is 9.53 Å². The lowest BCUT2D eigenvalue weighted by Crippen LogP contribution is -2.30. The molecule has 0 aliphatic heterocycles. The van der Waals surface area contributed by atoms with Gasteiger partial charge in [0.15, 0.2) is 0 Å². The molecule has 0 saturated heterocycles. The third-order valence-corrected chi connectivity index (χ3v) is 1.88. The summed E-state index contributed by atoms with van der Waals surface area (Å²) in [5.74, 6) is 0.495. The van der Waals surface area contributed by atoms with Crippen LogP contribution in [-0.4, -0.2) is 25.7 Å². The number of esters is 1. The Labute approximate surface area is 80.8 Å². The van der Waals surface area contributed by atoms with Gasteiger partial charge in [0.05, 0.1) is 13.0 Å². The van der Waals surface area contributed by atoms with E-state index in [1.54, 1.807) is 0 Å². The molecule has 1 atom stereocenters. The highest BCUT2D eigenvalue weighted by Gasteiger charge is 2.13. The molecule has 0 saturated carbocycles. The Hall–Kier alpha value is -0.570. The number of rotatable bonds is 6. The van der Waals surface area contributed by atoms with Crippen LogP contribution in [0.4, 0.5) is 0 Å². The number of carbonyl (C=O) groups excluding carboxylic acids is 1. The second kappa shape index (κ2) is 6.89. The number of hydrogen-bond donors (Lipinski definition) is 1. The Morgan fingerprint density at radius 3 is 2.46 bits per heavy atom. The second-order valence-electron chi connectivity index (χ2n) is 3.62. The first-order valence-electron chi connectivity index (χ1n) is 4.93. The number of nitrogens with one attached hydrogen (secondary N) is 1. The fraction of sp³-hybridized carbons (Fsp3) is 0.900. The van der Waals surface area contributed by atoms with Crippen molar-refractivity contribution in [1.82, 2.24) is 5.32 Å². The molecule has 0 amide bonds. The molecule has 0 unspecified atom stereocenters. The SMILES string of the molecule is CCOC(=O)C[C@H](CC(C)C)NC. The summed E-state index contributed by atoms with van der Waals surface area (Å²) in [7, 11) is 1.88. The first-order chi connectivity index (χ1) is 6.10.